The number of ether oxygens (including phenoxy) is 2. The van der Waals surface area contributed by atoms with Crippen LogP contribution in [0.4, 0.5) is 17.2 Å². The van der Waals surface area contributed by atoms with Gasteiger partial charge in [-0.15, -0.1) is 5.10 Å². The predicted molar refractivity (Wildman–Crippen MR) is 112 cm³/mol. The maximum absolute atomic E-state index is 12.6. The van der Waals surface area contributed by atoms with Gasteiger partial charge in [0.15, 0.2) is 11.5 Å². The summed E-state index contributed by atoms with van der Waals surface area (Å²) in [5.74, 6) is 0.222. The zero-order chi connectivity index (χ0) is 21.7. The van der Waals surface area contributed by atoms with Gasteiger partial charge in [-0.3, -0.25) is 9.59 Å². The largest absolute Gasteiger partial charge is 0.497 e. The summed E-state index contributed by atoms with van der Waals surface area (Å²) in [5.41, 5.74) is 7.91. The Labute approximate surface area is 173 Å². The summed E-state index contributed by atoms with van der Waals surface area (Å²) in [6, 6.07) is 12.2. The van der Waals surface area contributed by atoms with Crippen molar-refractivity contribution in [2.45, 2.75) is 13.5 Å². The van der Waals surface area contributed by atoms with Crippen LogP contribution in [0.15, 0.2) is 42.5 Å². The Bertz CT molecular complexity index is 1060. The first kappa shape index (κ1) is 20.6. The van der Waals surface area contributed by atoms with Gasteiger partial charge < -0.3 is 25.8 Å². The van der Waals surface area contributed by atoms with E-state index in [2.05, 4.69) is 20.9 Å². The first-order valence-corrected chi connectivity index (χ1v) is 9.00. The molecule has 0 radical (unpaired) electrons. The maximum atomic E-state index is 12.6. The Morgan fingerprint density at radius 2 is 1.80 bits per heavy atom. The summed E-state index contributed by atoms with van der Waals surface area (Å²) >= 11 is 0. The van der Waals surface area contributed by atoms with Gasteiger partial charge in [0.05, 0.1) is 19.9 Å². The molecule has 0 fully saturated rings. The van der Waals surface area contributed by atoms with Crippen molar-refractivity contribution in [2.24, 2.45) is 0 Å². The normalized spacial score (nSPS) is 10.4. The van der Waals surface area contributed by atoms with Crippen molar-refractivity contribution in [3.8, 4) is 11.5 Å². The second-order valence-corrected chi connectivity index (χ2v) is 6.42. The quantitative estimate of drug-likeness (QED) is 0.543. The van der Waals surface area contributed by atoms with Gasteiger partial charge in [-0.1, -0.05) is 11.3 Å². The number of carbonyl (C=O) groups excluding carboxylic acids is 2. The highest BCUT2D eigenvalue weighted by Crippen LogP contribution is 2.26. The molecule has 1 aromatic heterocycles. The smallest absolute Gasteiger partial charge is 0.280 e. The number of methoxy groups -OCH3 is 2. The Balaban J connectivity index is 1.68. The molecule has 0 aliphatic carbocycles. The van der Waals surface area contributed by atoms with Gasteiger partial charge in [0.2, 0.25) is 5.91 Å². The molecule has 1 heterocycles. The number of anilines is 3. The molecule has 0 atom stereocenters. The first-order valence-electron chi connectivity index (χ1n) is 9.00. The number of hydrogen-bond donors (Lipinski definition) is 3. The van der Waals surface area contributed by atoms with Gasteiger partial charge in [-0.05, 0) is 48.9 Å². The zero-order valence-corrected chi connectivity index (χ0v) is 16.8. The molecule has 4 N–H and O–H groups in total. The Kier molecular flexibility index (Phi) is 6.16. The lowest BCUT2D eigenvalue weighted by Gasteiger charge is -2.10. The van der Waals surface area contributed by atoms with Crippen LogP contribution in [0.1, 0.15) is 16.1 Å². The molecule has 0 saturated heterocycles. The van der Waals surface area contributed by atoms with Gasteiger partial charge in [-0.25, -0.2) is 4.68 Å². The van der Waals surface area contributed by atoms with E-state index in [9.17, 15) is 9.59 Å². The van der Waals surface area contributed by atoms with Crippen molar-refractivity contribution in [3.63, 3.8) is 0 Å². The second-order valence-electron chi connectivity index (χ2n) is 6.42. The summed E-state index contributed by atoms with van der Waals surface area (Å²) in [4.78, 5) is 24.9. The third-order valence-corrected chi connectivity index (χ3v) is 4.26. The molecule has 0 aliphatic rings. The summed E-state index contributed by atoms with van der Waals surface area (Å²) in [6.07, 6.45) is 0. The molecule has 0 aliphatic heterocycles. The number of nitrogens with zero attached hydrogens (tertiary/aromatic N) is 3. The van der Waals surface area contributed by atoms with Crippen molar-refractivity contribution >= 4 is 29.0 Å². The highest BCUT2D eigenvalue weighted by molar-refractivity contribution is 6.06. The summed E-state index contributed by atoms with van der Waals surface area (Å²) in [7, 11) is 3.07. The lowest BCUT2D eigenvalue weighted by molar-refractivity contribution is -0.116. The standard InChI is InChI=1S/C20H22N6O4/c1-12-4-9-16(30-3)15(10-12)23-20(28)18-19(21)26(25-24-18)11-17(27)22-13-5-7-14(29-2)8-6-13/h4-10H,11,21H2,1-3H3,(H,22,27)(H,23,28). The van der Waals surface area contributed by atoms with Crippen LogP contribution in [-0.4, -0.2) is 41.0 Å². The Morgan fingerprint density at radius 3 is 2.47 bits per heavy atom. The minimum Gasteiger partial charge on any atom is -0.497 e. The maximum Gasteiger partial charge on any atom is 0.280 e. The minimum absolute atomic E-state index is 0.0241. The van der Waals surface area contributed by atoms with Crippen LogP contribution in [0, 0.1) is 6.92 Å². The molecule has 0 spiro atoms. The van der Waals surface area contributed by atoms with Crippen LogP contribution in [0.3, 0.4) is 0 Å². The van der Waals surface area contributed by atoms with Gasteiger partial charge in [-0.2, -0.15) is 0 Å². The third kappa shape index (κ3) is 4.66. The summed E-state index contributed by atoms with van der Waals surface area (Å²) in [5, 5.41) is 13.0. The number of aromatic nitrogens is 3. The fraction of sp³-hybridized carbons (Fsp3) is 0.200. The van der Waals surface area contributed by atoms with Crippen molar-refractivity contribution in [1.82, 2.24) is 15.0 Å². The summed E-state index contributed by atoms with van der Waals surface area (Å²) < 4.78 is 11.5. The number of nitrogens with two attached hydrogens (primary N) is 1. The molecule has 30 heavy (non-hydrogen) atoms. The zero-order valence-electron chi connectivity index (χ0n) is 16.8. The number of rotatable bonds is 7. The number of benzene rings is 2. The molecule has 0 saturated carbocycles. The van der Waals surface area contributed by atoms with Crippen LogP contribution in [0.2, 0.25) is 0 Å². The molecular weight excluding hydrogens is 388 g/mol. The molecule has 0 bridgehead atoms. The van der Waals surface area contributed by atoms with Crippen molar-refractivity contribution in [1.29, 1.82) is 0 Å². The van der Waals surface area contributed by atoms with E-state index in [0.717, 1.165) is 10.2 Å². The van der Waals surface area contributed by atoms with Crippen LogP contribution < -0.4 is 25.8 Å². The topological polar surface area (TPSA) is 133 Å². The van der Waals surface area contributed by atoms with Crippen molar-refractivity contribution in [3.05, 3.63) is 53.7 Å². The predicted octanol–water partition coefficient (Wildman–Crippen LogP) is 2.08. The second kappa shape index (κ2) is 8.95. The Hall–Kier alpha value is -4.08. The van der Waals surface area contributed by atoms with Crippen molar-refractivity contribution in [2.75, 3.05) is 30.6 Å². The SMILES string of the molecule is COc1ccc(NC(=O)Cn2nnc(C(=O)Nc3cc(C)ccc3OC)c2N)cc1. The summed E-state index contributed by atoms with van der Waals surface area (Å²) in [6.45, 7) is 1.69. The van der Waals surface area contributed by atoms with E-state index < -0.39 is 5.91 Å². The van der Waals surface area contributed by atoms with E-state index in [1.165, 1.54) is 7.11 Å². The van der Waals surface area contributed by atoms with Crippen molar-refractivity contribution < 1.29 is 19.1 Å². The van der Waals surface area contributed by atoms with Gasteiger partial charge >= 0.3 is 0 Å². The van der Waals surface area contributed by atoms with E-state index >= 15 is 0 Å². The Morgan fingerprint density at radius 1 is 1.07 bits per heavy atom. The minimum atomic E-state index is -0.557. The number of nitrogen functional groups attached to an aromatic ring is 1. The highest BCUT2D eigenvalue weighted by atomic mass is 16.5. The molecule has 10 nitrogen and oxygen atoms in total. The van der Waals surface area contributed by atoms with E-state index in [1.54, 1.807) is 43.5 Å². The fourth-order valence-electron chi connectivity index (χ4n) is 2.71. The molecule has 2 aromatic carbocycles. The van der Waals surface area contributed by atoms with Crippen LogP contribution in [-0.2, 0) is 11.3 Å². The molecular formula is C20H22N6O4. The van der Waals surface area contributed by atoms with Gasteiger partial charge in [0, 0.05) is 5.69 Å². The van der Waals surface area contributed by atoms with Crippen LogP contribution >= 0.6 is 0 Å². The van der Waals surface area contributed by atoms with Crippen LogP contribution in [0.5, 0.6) is 11.5 Å². The molecule has 10 heteroatoms. The number of carbonyl (C=O) groups is 2. The number of aryl methyl sites for hydroxylation is 1. The molecule has 3 rings (SSSR count). The number of amides is 2. The first-order chi connectivity index (χ1) is 14.4. The van der Waals surface area contributed by atoms with Gasteiger partial charge in [0.1, 0.15) is 18.0 Å². The van der Waals surface area contributed by atoms with Gasteiger partial charge in [0.25, 0.3) is 5.91 Å². The highest BCUT2D eigenvalue weighted by Gasteiger charge is 2.20. The lowest BCUT2D eigenvalue weighted by Crippen LogP contribution is -2.21. The van der Waals surface area contributed by atoms with E-state index in [0.29, 0.717) is 22.9 Å². The lowest BCUT2D eigenvalue weighted by atomic mass is 10.2. The van der Waals surface area contributed by atoms with E-state index in [-0.39, 0.29) is 24.0 Å². The monoisotopic (exact) mass is 410 g/mol. The average Bonchev–Trinajstić information content (AvgIpc) is 3.09. The fourth-order valence-corrected chi connectivity index (χ4v) is 2.71. The number of hydrogen-bond acceptors (Lipinski definition) is 7. The molecule has 3 aromatic rings. The molecule has 156 valence electrons. The molecule has 0 unspecified atom stereocenters. The van der Waals surface area contributed by atoms with Crippen LogP contribution in [0.25, 0.3) is 0 Å². The van der Waals surface area contributed by atoms with E-state index in [4.69, 9.17) is 15.2 Å². The van der Waals surface area contributed by atoms with E-state index in [1.807, 2.05) is 13.0 Å². The molecule has 2 amide bonds. The number of nitrogens with one attached hydrogen (secondary N) is 2. The third-order valence-electron chi connectivity index (χ3n) is 4.26. The average molecular weight is 410 g/mol.